The molecule has 1 aromatic heterocycles. The molecule has 18 heavy (non-hydrogen) atoms. The zero-order valence-electron chi connectivity index (χ0n) is 10.5. The van der Waals surface area contributed by atoms with E-state index in [0.717, 1.165) is 17.0 Å². The first-order valence-electron chi connectivity index (χ1n) is 5.86. The van der Waals surface area contributed by atoms with Gasteiger partial charge in [0, 0.05) is 17.8 Å². The number of amides is 1. The number of nitrogens with one attached hydrogen (secondary N) is 1. The number of aryl methyl sites for hydroxylation is 1. The van der Waals surface area contributed by atoms with Gasteiger partial charge in [0.15, 0.2) is 9.84 Å². The SMILES string of the molecule is Cc1nn([C@H]2CCS(=O)(=O)C2)c(C)c1CNC=O. The van der Waals surface area contributed by atoms with Crippen molar-refractivity contribution in [2.75, 3.05) is 11.5 Å². The quantitative estimate of drug-likeness (QED) is 0.788. The molecule has 1 aromatic rings. The number of rotatable bonds is 4. The van der Waals surface area contributed by atoms with Gasteiger partial charge < -0.3 is 5.32 Å². The van der Waals surface area contributed by atoms with Crippen molar-refractivity contribution in [3.05, 3.63) is 17.0 Å². The average Bonchev–Trinajstić information content (AvgIpc) is 2.78. The third-order valence-electron chi connectivity index (χ3n) is 3.39. The summed E-state index contributed by atoms with van der Waals surface area (Å²) in [6, 6.07) is -0.0707. The van der Waals surface area contributed by atoms with Crippen molar-refractivity contribution in [3.63, 3.8) is 0 Å². The minimum atomic E-state index is -2.91. The monoisotopic (exact) mass is 271 g/mol. The lowest BCUT2D eigenvalue weighted by Crippen LogP contribution is -2.15. The Balaban J connectivity index is 2.27. The van der Waals surface area contributed by atoms with Crippen LogP contribution in [0.2, 0.25) is 0 Å². The van der Waals surface area contributed by atoms with Crippen molar-refractivity contribution in [3.8, 4) is 0 Å². The molecular formula is C11H17N3O3S. The van der Waals surface area contributed by atoms with Gasteiger partial charge in [0.25, 0.3) is 0 Å². The summed E-state index contributed by atoms with van der Waals surface area (Å²) in [4.78, 5) is 10.3. The van der Waals surface area contributed by atoms with Gasteiger partial charge in [-0.3, -0.25) is 9.48 Å². The van der Waals surface area contributed by atoms with E-state index in [9.17, 15) is 13.2 Å². The summed E-state index contributed by atoms with van der Waals surface area (Å²) in [5, 5.41) is 7.02. The molecular weight excluding hydrogens is 254 g/mol. The number of carbonyl (C=O) groups excluding carboxylic acids is 1. The van der Waals surface area contributed by atoms with Crippen LogP contribution < -0.4 is 5.32 Å². The third-order valence-corrected chi connectivity index (χ3v) is 5.14. The molecule has 2 rings (SSSR count). The Kier molecular flexibility index (Phi) is 3.43. The highest BCUT2D eigenvalue weighted by molar-refractivity contribution is 7.91. The van der Waals surface area contributed by atoms with Crippen molar-refractivity contribution in [2.45, 2.75) is 32.9 Å². The number of hydrogen-bond acceptors (Lipinski definition) is 4. The van der Waals surface area contributed by atoms with Gasteiger partial charge in [-0.1, -0.05) is 0 Å². The molecule has 7 heteroatoms. The predicted octanol–water partition coefficient (Wildman–Crippen LogP) is 0.106. The van der Waals surface area contributed by atoms with E-state index in [1.807, 2.05) is 13.8 Å². The van der Waals surface area contributed by atoms with Crippen molar-refractivity contribution in [1.29, 1.82) is 0 Å². The summed E-state index contributed by atoms with van der Waals surface area (Å²) in [7, 11) is -2.91. The first-order chi connectivity index (χ1) is 8.44. The first kappa shape index (κ1) is 13.1. The molecule has 0 aliphatic carbocycles. The zero-order chi connectivity index (χ0) is 13.3. The normalized spacial score (nSPS) is 22.0. The van der Waals surface area contributed by atoms with E-state index < -0.39 is 9.84 Å². The van der Waals surface area contributed by atoms with Crippen LogP contribution in [0, 0.1) is 13.8 Å². The summed E-state index contributed by atoms with van der Waals surface area (Å²) >= 11 is 0. The van der Waals surface area contributed by atoms with Crippen LogP contribution in [0.25, 0.3) is 0 Å². The van der Waals surface area contributed by atoms with Crippen LogP contribution in [0.3, 0.4) is 0 Å². The largest absolute Gasteiger partial charge is 0.354 e. The van der Waals surface area contributed by atoms with Crippen molar-refractivity contribution >= 4 is 16.2 Å². The highest BCUT2D eigenvalue weighted by atomic mass is 32.2. The molecule has 1 fully saturated rings. The Morgan fingerprint density at radius 2 is 2.22 bits per heavy atom. The summed E-state index contributed by atoms with van der Waals surface area (Å²) in [6.45, 7) is 4.21. The fourth-order valence-electron chi connectivity index (χ4n) is 2.42. The lowest BCUT2D eigenvalue weighted by molar-refractivity contribution is -0.109. The predicted molar refractivity (Wildman–Crippen MR) is 66.9 cm³/mol. The maximum absolute atomic E-state index is 11.5. The van der Waals surface area contributed by atoms with Crippen LogP contribution in [0.5, 0.6) is 0 Å². The molecule has 1 atom stereocenters. The Bertz CT molecular complexity index is 562. The second kappa shape index (κ2) is 4.72. The summed E-state index contributed by atoms with van der Waals surface area (Å²) < 4.78 is 24.8. The molecule has 0 unspecified atom stereocenters. The standard InChI is InChI=1S/C11H17N3O3S/c1-8-11(5-12-7-15)9(2)14(13-8)10-3-4-18(16,17)6-10/h7,10H,3-6H2,1-2H3,(H,12,15)/t10-/m0/s1. The van der Waals surface area contributed by atoms with Gasteiger partial charge in [-0.2, -0.15) is 5.10 Å². The lowest BCUT2D eigenvalue weighted by Gasteiger charge is -2.11. The highest BCUT2D eigenvalue weighted by Crippen LogP contribution is 2.26. The van der Waals surface area contributed by atoms with Crippen LogP contribution in [0.15, 0.2) is 0 Å². The van der Waals surface area contributed by atoms with E-state index in [2.05, 4.69) is 10.4 Å². The van der Waals surface area contributed by atoms with E-state index in [4.69, 9.17) is 0 Å². The first-order valence-corrected chi connectivity index (χ1v) is 7.69. The minimum Gasteiger partial charge on any atom is -0.354 e. The van der Waals surface area contributed by atoms with Crippen LogP contribution >= 0.6 is 0 Å². The maximum atomic E-state index is 11.5. The Labute approximate surface area is 106 Å². The van der Waals surface area contributed by atoms with E-state index in [1.54, 1.807) is 4.68 Å². The van der Waals surface area contributed by atoms with Crippen LogP contribution in [-0.2, 0) is 21.2 Å². The molecule has 0 bridgehead atoms. The van der Waals surface area contributed by atoms with E-state index >= 15 is 0 Å². The molecule has 0 radical (unpaired) electrons. The number of sulfone groups is 1. The molecule has 0 aromatic carbocycles. The van der Waals surface area contributed by atoms with E-state index in [1.165, 1.54) is 0 Å². The van der Waals surface area contributed by atoms with Crippen LogP contribution in [0.4, 0.5) is 0 Å². The molecule has 0 saturated carbocycles. The van der Waals surface area contributed by atoms with Gasteiger partial charge in [0.1, 0.15) is 0 Å². The van der Waals surface area contributed by atoms with E-state index in [-0.39, 0.29) is 17.5 Å². The highest BCUT2D eigenvalue weighted by Gasteiger charge is 2.31. The second-order valence-corrected chi connectivity index (χ2v) is 6.88. The molecule has 0 spiro atoms. The molecule has 1 N–H and O–H groups in total. The molecule has 6 nitrogen and oxygen atoms in total. The molecule has 1 amide bonds. The molecule has 2 heterocycles. The van der Waals surface area contributed by atoms with Gasteiger partial charge in [-0.05, 0) is 20.3 Å². The van der Waals surface area contributed by atoms with Crippen LogP contribution in [-0.4, -0.2) is 36.1 Å². The molecule has 1 saturated heterocycles. The van der Waals surface area contributed by atoms with Gasteiger partial charge in [-0.25, -0.2) is 8.42 Å². The number of hydrogen-bond donors (Lipinski definition) is 1. The van der Waals surface area contributed by atoms with E-state index in [0.29, 0.717) is 19.4 Å². The summed E-state index contributed by atoms with van der Waals surface area (Å²) in [6.07, 6.45) is 1.26. The van der Waals surface area contributed by atoms with Gasteiger partial charge >= 0.3 is 0 Å². The molecule has 100 valence electrons. The number of carbonyl (C=O) groups is 1. The van der Waals surface area contributed by atoms with Crippen molar-refractivity contribution in [1.82, 2.24) is 15.1 Å². The Hall–Kier alpha value is -1.37. The fraction of sp³-hybridized carbons (Fsp3) is 0.636. The summed E-state index contributed by atoms with van der Waals surface area (Å²) in [5.41, 5.74) is 2.74. The third kappa shape index (κ3) is 2.40. The molecule has 1 aliphatic rings. The topological polar surface area (TPSA) is 81.1 Å². The average molecular weight is 271 g/mol. The molecule has 1 aliphatic heterocycles. The van der Waals surface area contributed by atoms with Gasteiger partial charge in [-0.15, -0.1) is 0 Å². The Morgan fingerprint density at radius 3 is 2.78 bits per heavy atom. The van der Waals surface area contributed by atoms with Crippen LogP contribution in [0.1, 0.15) is 29.4 Å². The number of aromatic nitrogens is 2. The Morgan fingerprint density at radius 1 is 1.50 bits per heavy atom. The van der Waals surface area contributed by atoms with Crippen molar-refractivity contribution in [2.24, 2.45) is 0 Å². The maximum Gasteiger partial charge on any atom is 0.207 e. The lowest BCUT2D eigenvalue weighted by atomic mass is 10.2. The van der Waals surface area contributed by atoms with Gasteiger partial charge in [0.2, 0.25) is 6.41 Å². The fourth-order valence-corrected chi connectivity index (χ4v) is 4.11. The van der Waals surface area contributed by atoms with Gasteiger partial charge in [0.05, 0.1) is 23.2 Å². The summed E-state index contributed by atoms with van der Waals surface area (Å²) in [5.74, 6) is 0.396. The zero-order valence-corrected chi connectivity index (χ0v) is 11.3. The minimum absolute atomic E-state index is 0.0707. The smallest absolute Gasteiger partial charge is 0.207 e. The number of nitrogens with zero attached hydrogens (tertiary/aromatic N) is 2. The second-order valence-electron chi connectivity index (χ2n) is 4.65. The van der Waals surface area contributed by atoms with Crippen molar-refractivity contribution < 1.29 is 13.2 Å².